The van der Waals surface area contributed by atoms with Gasteiger partial charge < -0.3 is 19.1 Å². The van der Waals surface area contributed by atoms with Crippen LogP contribution in [0.3, 0.4) is 0 Å². The molecular formula is C23H23N5O4. The average molecular weight is 433 g/mol. The Morgan fingerprint density at radius 2 is 1.78 bits per heavy atom. The van der Waals surface area contributed by atoms with Crippen molar-refractivity contribution in [2.75, 3.05) is 49.1 Å². The van der Waals surface area contributed by atoms with Crippen molar-refractivity contribution in [3.05, 3.63) is 54.4 Å². The zero-order chi connectivity index (χ0) is 22.1. The third kappa shape index (κ3) is 3.89. The van der Waals surface area contributed by atoms with Crippen LogP contribution in [-0.4, -0.2) is 66.2 Å². The number of para-hydroxylation sites is 2. The molecule has 3 heterocycles. The van der Waals surface area contributed by atoms with Gasteiger partial charge in [0, 0.05) is 44.4 Å². The van der Waals surface area contributed by atoms with E-state index in [2.05, 4.69) is 15.0 Å². The standard InChI is InChI=1S/C23H23N5O4/c1-16-24-23(25-32-16)17-6-8-18(9-7-17)26-10-12-27(13-11-26)21(29)14-28-19-4-2-3-5-20(19)31-15-22(28)30/h2-9H,10-15H2,1H3. The molecule has 0 bridgehead atoms. The third-order valence-electron chi connectivity index (χ3n) is 5.75. The lowest BCUT2D eigenvalue weighted by Crippen LogP contribution is -2.53. The maximum absolute atomic E-state index is 12.9. The molecule has 1 aromatic heterocycles. The smallest absolute Gasteiger partial charge is 0.265 e. The third-order valence-corrected chi connectivity index (χ3v) is 5.75. The van der Waals surface area contributed by atoms with Crippen LogP contribution in [0, 0.1) is 6.92 Å². The molecule has 2 aliphatic rings. The summed E-state index contributed by atoms with van der Waals surface area (Å²) in [6, 6.07) is 15.3. The summed E-state index contributed by atoms with van der Waals surface area (Å²) in [5.74, 6) is 1.48. The van der Waals surface area contributed by atoms with Crippen LogP contribution < -0.4 is 14.5 Å². The molecule has 2 amide bonds. The second-order valence-electron chi connectivity index (χ2n) is 7.79. The Morgan fingerprint density at radius 1 is 1.03 bits per heavy atom. The second-order valence-corrected chi connectivity index (χ2v) is 7.79. The van der Waals surface area contributed by atoms with Crippen LogP contribution in [-0.2, 0) is 9.59 Å². The maximum atomic E-state index is 12.9. The van der Waals surface area contributed by atoms with Crippen molar-refractivity contribution in [1.82, 2.24) is 15.0 Å². The summed E-state index contributed by atoms with van der Waals surface area (Å²) < 4.78 is 10.5. The first-order valence-corrected chi connectivity index (χ1v) is 10.5. The number of anilines is 2. The summed E-state index contributed by atoms with van der Waals surface area (Å²) in [5.41, 5.74) is 2.63. The fourth-order valence-electron chi connectivity index (χ4n) is 4.01. The van der Waals surface area contributed by atoms with Crippen LogP contribution in [0.25, 0.3) is 11.4 Å². The minimum absolute atomic E-state index is 0.0258. The van der Waals surface area contributed by atoms with Gasteiger partial charge in [0.15, 0.2) is 6.61 Å². The van der Waals surface area contributed by atoms with E-state index >= 15 is 0 Å². The lowest BCUT2D eigenvalue weighted by atomic mass is 10.1. The Morgan fingerprint density at radius 3 is 2.50 bits per heavy atom. The molecule has 9 nitrogen and oxygen atoms in total. The number of ether oxygens (including phenoxy) is 1. The molecule has 3 aromatic rings. The summed E-state index contributed by atoms with van der Waals surface area (Å²) in [6.07, 6.45) is 0. The highest BCUT2D eigenvalue weighted by molar-refractivity contribution is 6.02. The van der Waals surface area contributed by atoms with E-state index < -0.39 is 0 Å². The Hall–Kier alpha value is -3.88. The second kappa shape index (κ2) is 8.33. The van der Waals surface area contributed by atoms with Crippen LogP contribution in [0.1, 0.15) is 5.89 Å². The van der Waals surface area contributed by atoms with Crippen LogP contribution in [0.15, 0.2) is 53.1 Å². The van der Waals surface area contributed by atoms with Crippen molar-refractivity contribution in [1.29, 1.82) is 0 Å². The quantitative estimate of drug-likeness (QED) is 0.622. The number of aryl methyl sites for hydroxylation is 1. The van der Waals surface area contributed by atoms with Gasteiger partial charge in [-0.3, -0.25) is 14.5 Å². The molecule has 1 fully saturated rings. The van der Waals surface area contributed by atoms with Gasteiger partial charge in [-0.25, -0.2) is 0 Å². The topological polar surface area (TPSA) is 92.0 Å². The van der Waals surface area contributed by atoms with Crippen molar-refractivity contribution < 1.29 is 18.8 Å². The number of aromatic nitrogens is 2. The van der Waals surface area contributed by atoms with Crippen LogP contribution in [0.5, 0.6) is 5.75 Å². The van der Waals surface area contributed by atoms with E-state index in [0.717, 1.165) is 24.3 Å². The van der Waals surface area contributed by atoms with E-state index in [1.54, 1.807) is 13.0 Å². The van der Waals surface area contributed by atoms with Gasteiger partial charge in [-0.05, 0) is 36.4 Å². The van der Waals surface area contributed by atoms with E-state index in [1.807, 2.05) is 47.4 Å². The molecule has 0 N–H and O–H groups in total. The lowest BCUT2D eigenvalue weighted by Gasteiger charge is -2.37. The summed E-state index contributed by atoms with van der Waals surface area (Å²) in [6.45, 7) is 4.39. The molecule has 0 atom stereocenters. The van der Waals surface area contributed by atoms with E-state index in [-0.39, 0.29) is 25.0 Å². The summed E-state index contributed by atoms with van der Waals surface area (Å²) in [4.78, 5) is 35.1. The molecule has 0 aliphatic carbocycles. The molecule has 0 saturated carbocycles. The number of hydrogen-bond donors (Lipinski definition) is 0. The van der Waals surface area contributed by atoms with Gasteiger partial charge in [0.05, 0.1) is 5.69 Å². The highest BCUT2D eigenvalue weighted by Crippen LogP contribution is 2.31. The fraction of sp³-hybridized carbons (Fsp3) is 0.304. The first-order chi connectivity index (χ1) is 15.6. The number of carbonyl (C=O) groups is 2. The van der Waals surface area contributed by atoms with Gasteiger partial charge in [0.1, 0.15) is 12.3 Å². The number of hydrogen-bond acceptors (Lipinski definition) is 7. The maximum Gasteiger partial charge on any atom is 0.265 e. The highest BCUT2D eigenvalue weighted by Gasteiger charge is 2.30. The monoisotopic (exact) mass is 433 g/mol. The summed E-state index contributed by atoms with van der Waals surface area (Å²) in [5, 5.41) is 3.95. The molecule has 2 aliphatic heterocycles. The molecule has 0 unspecified atom stereocenters. The first-order valence-electron chi connectivity index (χ1n) is 10.5. The van der Waals surface area contributed by atoms with Crippen molar-refractivity contribution in [2.24, 2.45) is 0 Å². The molecule has 5 rings (SSSR count). The fourth-order valence-corrected chi connectivity index (χ4v) is 4.01. The number of carbonyl (C=O) groups excluding carboxylic acids is 2. The van der Waals surface area contributed by atoms with Gasteiger partial charge in [-0.1, -0.05) is 17.3 Å². The van der Waals surface area contributed by atoms with Gasteiger partial charge in [0.2, 0.25) is 17.6 Å². The Bertz CT molecular complexity index is 1140. The van der Waals surface area contributed by atoms with E-state index in [0.29, 0.717) is 36.2 Å². The molecular weight excluding hydrogens is 410 g/mol. The van der Waals surface area contributed by atoms with Crippen LogP contribution in [0.4, 0.5) is 11.4 Å². The van der Waals surface area contributed by atoms with Crippen molar-refractivity contribution >= 4 is 23.2 Å². The minimum Gasteiger partial charge on any atom is -0.482 e. The predicted molar refractivity (Wildman–Crippen MR) is 118 cm³/mol. The van der Waals surface area contributed by atoms with E-state index in [9.17, 15) is 9.59 Å². The number of nitrogens with zero attached hydrogens (tertiary/aromatic N) is 5. The number of amides is 2. The summed E-state index contributed by atoms with van der Waals surface area (Å²) >= 11 is 0. The van der Waals surface area contributed by atoms with E-state index in [1.165, 1.54) is 4.90 Å². The zero-order valence-electron chi connectivity index (χ0n) is 17.7. The Kier molecular flexibility index (Phi) is 5.22. The SMILES string of the molecule is Cc1nc(-c2ccc(N3CCN(C(=O)CN4C(=O)COc5ccccc54)CC3)cc2)no1. The molecule has 9 heteroatoms. The van der Waals surface area contributed by atoms with Crippen molar-refractivity contribution in [3.8, 4) is 17.1 Å². The first kappa shape index (κ1) is 20.0. The Labute approximate surface area is 185 Å². The van der Waals surface area contributed by atoms with Crippen molar-refractivity contribution in [3.63, 3.8) is 0 Å². The largest absolute Gasteiger partial charge is 0.482 e. The Balaban J connectivity index is 1.20. The van der Waals surface area contributed by atoms with Gasteiger partial charge in [-0.15, -0.1) is 0 Å². The minimum atomic E-state index is -0.201. The highest BCUT2D eigenvalue weighted by atomic mass is 16.5. The zero-order valence-corrected chi connectivity index (χ0v) is 17.7. The van der Waals surface area contributed by atoms with E-state index in [4.69, 9.17) is 9.26 Å². The van der Waals surface area contributed by atoms with Crippen LogP contribution >= 0.6 is 0 Å². The van der Waals surface area contributed by atoms with Gasteiger partial charge >= 0.3 is 0 Å². The molecule has 2 aromatic carbocycles. The molecule has 164 valence electrons. The van der Waals surface area contributed by atoms with Crippen LogP contribution in [0.2, 0.25) is 0 Å². The molecule has 1 saturated heterocycles. The van der Waals surface area contributed by atoms with Gasteiger partial charge in [-0.2, -0.15) is 4.98 Å². The molecule has 0 spiro atoms. The number of rotatable bonds is 4. The number of benzene rings is 2. The predicted octanol–water partition coefficient (Wildman–Crippen LogP) is 2.12. The average Bonchev–Trinajstić information content (AvgIpc) is 3.27. The normalized spacial score (nSPS) is 16.0. The van der Waals surface area contributed by atoms with Crippen molar-refractivity contribution in [2.45, 2.75) is 6.92 Å². The number of fused-ring (bicyclic) bond motifs is 1. The molecule has 0 radical (unpaired) electrons. The molecule has 32 heavy (non-hydrogen) atoms. The number of piperazine rings is 1. The summed E-state index contributed by atoms with van der Waals surface area (Å²) in [7, 11) is 0. The van der Waals surface area contributed by atoms with Gasteiger partial charge in [0.25, 0.3) is 5.91 Å². The lowest BCUT2D eigenvalue weighted by molar-refractivity contribution is -0.132.